The molecule has 0 radical (unpaired) electrons. The summed E-state index contributed by atoms with van der Waals surface area (Å²) in [7, 11) is -4.35. The predicted octanol–water partition coefficient (Wildman–Crippen LogP) is 7.26. The van der Waals surface area contributed by atoms with E-state index >= 15 is 0 Å². The molecule has 0 unspecified atom stereocenters. The minimum Gasteiger partial charge on any atom is -0.378 e. The SMILES string of the molecule is Cc1ccccc1NC(=O)c1cc2ccccc2cc1OS(=O)(=O)c1cccc2cc(N=[N+]=[N-])ccc12. The number of para-hydroxylation sites is 1. The Labute approximate surface area is 212 Å². The van der Waals surface area contributed by atoms with Gasteiger partial charge in [-0.05, 0) is 64.5 Å². The maximum Gasteiger partial charge on any atom is 0.339 e. The van der Waals surface area contributed by atoms with Gasteiger partial charge in [-0.3, -0.25) is 4.79 Å². The van der Waals surface area contributed by atoms with Crippen LogP contribution in [0.3, 0.4) is 0 Å². The van der Waals surface area contributed by atoms with Crippen molar-refractivity contribution in [1.82, 2.24) is 0 Å². The van der Waals surface area contributed by atoms with Crippen molar-refractivity contribution >= 4 is 48.9 Å². The molecular weight excluding hydrogens is 488 g/mol. The Kier molecular flexibility index (Phi) is 6.23. The molecule has 0 saturated carbocycles. The molecular formula is C28H20N4O4S. The third kappa shape index (κ3) is 4.81. The smallest absolute Gasteiger partial charge is 0.339 e. The third-order valence-corrected chi connectivity index (χ3v) is 7.23. The van der Waals surface area contributed by atoms with Gasteiger partial charge in [0.2, 0.25) is 0 Å². The molecule has 1 amide bonds. The maximum atomic E-state index is 13.5. The highest BCUT2D eigenvalue weighted by molar-refractivity contribution is 7.87. The quantitative estimate of drug-likeness (QED) is 0.112. The standard InChI is InChI=1S/C28H20N4O4S/c1-18-7-2-5-11-25(18)30-28(33)24-16-19-8-3-4-9-20(19)17-26(24)36-37(34,35)27-12-6-10-21-15-22(31-32-29)13-14-23(21)27/h2-17H,1H3,(H,30,33). The van der Waals surface area contributed by atoms with E-state index in [0.29, 0.717) is 22.1 Å². The highest BCUT2D eigenvalue weighted by atomic mass is 32.2. The number of rotatable bonds is 6. The summed E-state index contributed by atoms with van der Waals surface area (Å²) in [6.07, 6.45) is 0. The van der Waals surface area contributed by atoms with Crippen molar-refractivity contribution < 1.29 is 17.4 Å². The summed E-state index contributed by atoms with van der Waals surface area (Å²) < 4.78 is 32.7. The zero-order valence-corrected chi connectivity index (χ0v) is 20.4. The van der Waals surface area contributed by atoms with Crippen molar-refractivity contribution in [1.29, 1.82) is 0 Å². The zero-order valence-electron chi connectivity index (χ0n) is 19.6. The summed E-state index contributed by atoms with van der Waals surface area (Å²) in [4.78, 5) is 16.0. The lowest BCUT2D eigenvalue weighted by atomic mass is 10.1. The molecule has 0 aliphatic rings. The lowest BCUT2D eigenvalue weighted by molar-refractivity contribution is 0.102. The second kappa shape index (κ2) is 9.66. The second-order valence-electron chi connectivity index (χ2n) is 8.35. The minimum atomic E-state index is -4.35. The van der Waals surface area contributed by atoms with Gasteiger partial charge in [-0.1, -0.05) is 71.8 Å². The first-order chi connectivity index (χ1) is 17.9. The topological polar surface area (TPSA) is 121 Å². The molecule has 5 aromatic rings. The van der Waals surface area contributed by atoms with Gasteiger partial charge >= 0.3 is 10.1 Å². The molecule has 5 aromatic carbocycles. The average Bonchev–Trinajstić information content (AvgIpc) is 2.89. The zero-order chi connectivity index (χ0) is 26.0. The van der Waals surface area contributed by atoms with E-state index in [1.807, 2.05) is 43.3 Å². The number of nitrogens with zero attached hydrogens (tertiary/aromatic N) is 3. The molecule has 0 aliphatic heterocycles. The van der Waals surface area contributed by atoms with Crippen LogP contribution in [-0.2, 0) is 10.1 Å². The lowest BCUT2D eigenvalue weighted by Crippen LogP contribution is -2.17. The molecule has 0 aliphatic carbocycles. The minimum absolute atomic E-state index is 0.0732. The first kappa shape index (κ1) is 23.9. The van der Waals surface area contributed by atoms with Gasteiger partial charge in [-0.25, -0.2) is 0 Å². The van der Waals surface area contributed by atoms with Crippen LogP contribution in [0, 0.1) is 6.92 Å². The Morgan fingerprint density at radius 2 is 1.57 bits per heavy atom. The van der Waals surface area contributed by atoms with Crippen molar-refractivity contribution in [3.63, 3.8) is 0 Å². The normalized spacial score (nSPS) is 11.2. The van der Waals surface area contributed by atoms with E-state index in [2.05, 4.69) is 15.3 Å². The molecule has 0 spiro atoms. The fourth-order valence-corrected chi connectivity index (χ4v) is 5.27. The summed E-state index contributed by atoms with van der Waals surface area (Å²) in [5.74, 6) is -0.588. The molecule has 0 atom stereocenters. The first-order valence-corrected chi connectivity index (χ1v) is 12.7. The fourth-order valence-electron chi connectivity index (χ4n) is 4.10. The third-order valence-electron chi connectivity index (χ3n) is 5.94. The number of anilines is 1. The van der Waals surface area contributed by atoms with Crippen LogP contribution in [0.5, 0.6) is 5.75 Å². The van der Waals surface area contributed by atoms with E-state index in [1.54, 1.807) is 48.5 Å². The van der Waals surface area contributed by atoms with Crippen molar-refractivity contribution in [3.05, 3.63) is 119 Å². The molecule has 9 heteroatoms. The molecule has 182 valence electrons. The van der Waals surface area contributed by atoms with Crippen LogP contribution >= 0.6 is 0 Å². The Bertz CT molecular complexity index is 1840. The lowest BCUT2D eigenvalue weighted by Gasteiger charge is -2.15. The largest absolute Gasteiger partial charge is 0.378 e. The Morgan fingerprint density at radius 1 is 0.865 bits per heavy atom. The molecule has 1 N–H and O–H groups in total. The number of carbonyl (C=O) groups excluding carboxylic acids is 1. The summed E-state index contributed by atoms with van der Waals surface area (Å²) >= 11 is 0. The predicted molar refractivity (Wildman–Crippen MR) is 144 cm³/mol. The van der Waals surface area contributed by atoms with Gasteiger partial charge in [0.25, 0.3) is 5.91 Å². The highest BCUT2D eigenvalue weighted by Crippen LogP contribution is 2.33. The van der Waals surface area contributed by atoms with E-state index in [1.165, 1.54) is 12.1 Å². The van der Waals surface area contributed by atoms with Gasteiger partial charge in [0.05, 0.1) is 5.56 Å². The van der Waals surface area contributed by atoms with E-state index in [4.69, 9.17) is 9.71 Å². The van der Waals surface area contributed by atoms with Crippen LogP contribution in [0.2, 0.25) is 0 Å². The van der Waals surface area contributed by atoms with Gasteiger partial charge in [-0.15, -0.1) is 0 Å². The number of hydrogen-bond acceptors (Lipinski definition) is 5. The van der Waals surface area contributed by atoms with E-state index in [9.17, 15) is 13.2 Å². The van der Waals surface area contributed by atoms with Crippen molar-refractivity contribution in [2.45, 2.75) is 11.8 Å². The van der Waals surface area contributed by atoms with Crippen LogP contribution in [0.25, 0.3) is 32.0 Å². The van der Waals surface area contributed by atoms with Crippen LogP contribution in [-0.4, -0.2) is 14.3 Å². The first-order valence-electron chi connectivity index (χ1n) is 11.3. The molecule has 0 saturated heterocycles. The van der Waals surface area contributed by atoms with Crippen molar-refractivity contribution in [2.24, 2.45) is 5.11 Å². The van der Waals surface area contributed by atoms with Crippen LogP contribution in [0.15, 0.2) is 107 Å². The second-order valence-corrected chi connectivity index (χ2v) is 9.87. The number of nitrogens with one attached hydrogen (secondary N) is 1. The summed E-state index contributed by atoms with van der Waals surface area (Å²) in [5, 5.41) is 8.86. The van der Waals surface area contributed by atoms with Crippen LogP contribution in [0.1, 0.15) is 15.9 Å². The number of amides is 1. The van der Waals surface area contributed by atoms with Gasteiger partial charge in [-0.2, -0.15) is 8.42 Å². The van der Waals surface area contributed by atoms with Crippen LogP contribution < -0.4 is 9.50 Å². The number of aryl methyl sites for hydroxylation is 1. The molecule has 0 fully saturated rings. The van der Waals surface area contributed by atoms with Gasteiger partial charge in [0.1, 0.15) is 4.90 Å². The molecule has 0 heterocycles. The van der Waals surface area contributed by atoms with Crippen molar-refractivity contribution in [2.75, 3.05) is 5.32 Å². The Morgan fingerprint density at radius 3 is 2.32 bits per heavy atom. The maximum absolute atomic E-state index is 13.5. The van der Waals surface area contributed by atoms with Crippen LogP contribution in [0.4, 0.5) is 11.4 Å². The number of hydrogen-bond donors (Lipinski definition) is 1. The molecule has 37 heavy (non-hydrogen) atoms. The van der Waals surface area contributed by atoms with E-state index < -0.39 is 16.0 Å². The van der Waals surface area contributed by atoms with Gasteiger partial charge < -0.3 is 9.50 Å². The Hall–Kier alpha value is -4.85. The molecule has 0 bridgehead atoms. The summed E-state index contributed by atoms with van der Waals surface area (Å²) in [6.45, 7) is 1.87. The molecule has 5 rings (SSSR count). The van der Waals surface area contributed by atoms with Crippen molar-refractivity contribution in [3.8, 4) is 5.75 Å². The average molecular weight is 509 g/mol. The van der Waals surface area contributed by atoms with E-state index in [0.717, 1.165) is 16.3 Å². The summed E-state index contributed by atoms with van der Waals surface area (Å²) in [6, 6.07) is 27.2. The number of carbonyl (C=O) groups is 1. The molecule has 8 nitrogen and oxygen atoms in total. The highest BCUT2D eigenvalue weighted by Gasteiger charge is 2.24. The Balaban J connectivity index is 1.60. The van der Waals surface area contributed by atoms with Gasteiger partial charge in [0, 0.05) is 21.7 Å². The monoisotopic (exact) mass is 508 g/mol. The molecule has 0 aromatic heterocycles. The van der Waals surface area contributed by atoms with E-state index in [-0.39, 0.29) is 16.2 Å². The summed E-state index contributed by atoms with van der Waals surface area (Å²) in [5.41, 5.74) is 10.6. The van der Waals surface area contributed by atoms with Gasteiger partial charge in [0.15, 0.2) is 5.75 Å². The number of azide groups is 1. The number of fused-ring (bicyclic) bond motifs is 2. The fraction of sp³-hybridized carbons (Fsp3) is 0.0357. The number of benzene rings is 5.